The Morgan fingerprint density at radius 3 is 2.14 bits per heavy atom. The van der Waals surface area contributed by atoms with E-state index in [1.165, 1.54) is 27.8 Å². The molecule has 0 atom stereocenters. The van der Waals surface area contributed by atoms with E-state index in [2.05, 4.69) is 108 Å². The summed E-state index contributed by atoms with van der Waals surface area (Å²) in [5, 5.41) is 7.01. The van der Waals surface area contributed by atoms with Crippen LogP contribution in [-0.2, 0) is 31.9 Å². The van der Waals surface area contributed by atoms with Crippen molar-refractivity contribution in [3.05, 3.63) is 126 Å². The van der Waals surface area contributed by atoms with Gasteiger partial charge in [0.05, 0.1) is 13.3 Å². The summed E-state index contributed by atoms with van der Waals surface area (Å²) in [6.45, 7) is 18.2. The van der Waals surface area contributed by atoms with Crippen LogP contribution in [0.3, 0.4) is 0 Å². The molecule has 0 saturated carbocycles. The third-order valence-corrected chi connectivity index (χ3v) is 9.05. The molecule has 0 N–H and O–H groups in total. The second-order valence-corrected chi connectivity index (χ2v) is 14.8. The van der Waals surface area contributed by atoms with E-state index >= 15 is 0 Å². The fraction of sp³-hybridized carbons (Fsp3) is 0.256. The Kier molecular flexibility index (Phi) is 9.30. The average Bonchev–Trinajstić information content (AvgIpc) is 3.67. The normalized spacial score (nSPS) is 11.9. The van der Waals surface area contributed by atoms with Crippen LogP contribution >= 0.6 is 0 Å². The monoisotopic (exact) mass is 841 g/mol. The minimum atomic E-state index is -0.0406. The molecule has 6 nitrogen and oxygen atoms in total. The predicted octanol–water partition coefficient (Wildman–Crippen LogP) is 10.6. The van der Waals surface area contributed by atoms with Crippen molar-refractivity contribution in [2.24, 2.45) is 0 Å². The Labute approximate surface area is 309 Å². The number of benzene rings is 4. The molecule has 7 aromatic rings. The molecule has 0 fully saturated rings. The van der Waals surface area contributed by atoms with Gasteiger partial charge in [0.15, 0.2) is 0 Å². The van der Waals surface area contributed by atoms with Gasteiger partial charge in [-0.05, 0) is 75.7 Å². The molecule has 4 aromatic carbocycles. The number of aromatic nitrogens is 4. The Morgan fingerprint density at radius 1 is 0.740 bits per heavy atom. The number of hydrogen-bond donors (Lipinski definition) is 0. The first-order valence-electron chi connectivity index (χ1n) is 16.7. The third kappa shape index (κ3) is 6.38. The molecule has 256 valence electrons. The molecule has 0 aliphatic carbocycles. The van der Waals surface area contributed by atoms with Gasteiger partial charge in [-0.15, -0.1) is 35.7 Å². The third-order valence-electron chi connectivity index (χ3n) is 9.05. The predicted molar refractivity (Wildman–Crippen MR) is 199 cm³/mol. The van der Waals surface area contributed by atoms with Gasteiger partial charge in [-0.2, -0.15) is 17.2 Å². The average molecular weight is 842 g/mol. The van der Waals surface area contributed by atoms with Crippen molar-refractivity contribution in [3.8, 4) is 39.9 Å². The maximum atomic E-state index is 6.42. The van der Waals surface area contributed by atoms with Gasteiger partial charge in [0, 0.05) is 41.0 Å². The maximum absolute atomic E-state index is 6.42. The zero-order chi connectivity index (χ0) is 34.7. The van der Waals surface area contributed by atoms with Crippen molar-refractivity contribution in [1.29, 1.82) is 0 Å². The first kappa shape index (κ1) is 35.2. The number of pyridine rings is 1. The Balaban J connectivity index is 0.00000432. The van der Waals surface area contributed by atoms with Crippen LogP contribution in [0, 0.1) is 26.0 Å². The molecule has 50 heavy (non-hydrogen) atoms. The summed E-state index contributed by atoms with van der Waals surface area (Å²) < 4.78 is 15.9. The smallest absolute Gasteiger partial charge is 0.509 e. The molecule has 0 unspecified atom stereocenters. The number of aryl methyl sites for hydroxylation is 2. The number of nitrogens with zero attached hydrogens (tertiary/aromatic N) is 4. The van der Waals surface area contributed by atoms with Crippen LogP contribution in [0.25, 0.3) is 44.4 Å². The second kappa shape index (κ2) is 13.2. The van der Waals surface area contributed by atoms with Crippen molar-refractivity contribution in [2.75, 3.05) is 7.11 Å². The van der Waals surface area contributed by atoms with E-state index in [9.17, 15) is 0 Å². The standard InChI is InChI=1S/C43H42N4O2.Pt/c1-27-21-28(2)41(43(6,7)8)39(40(27)42(3,4)5)29-25-45-46(26-29)30-13-12-14-32(22-30)49-33-17-18-35-34-15-10-11-16-36(34)47(37(35)23-33)38-24-31(48-9)19-20-44-38;/h10-21,24-26H,1-9H3;/q-2;+2. The topological polar surface area (TPSA) is 54.1 Å². The molecule has 0 radical (unpaired) electrons. The molecule has 7 rings (SSSR count). The Hall–Kier alpha value is -4.67. The zero-order valence-electron chi connectivity index (χ0n) is 30.1. The molecular formula is C43H42N4O2Pt. The van der Waals surface area contributed by atoms with Crippen molar-refractivity contribution < 1.29 is 30.5 Å². The van der Waals surface area contributed by atoms with Crippen LogP contribution in [0.4, 0.5) is 0 Å². The number of methoxy groups -OCH3 is 1. The van der Waals surface area contributed by atoms with Crippen LogP contribution in [0.15, 0.2) is 91.4 Å². The van der Waals surface area contributed by atoms with E-state index in [0.29, 0.717) is 11.5 Å². The molecule has 0 aliphatic rings. The van der Waals surface area contributed by atoms with Crippen molar-refractivity contribution >= 4 is 21.8 Å². The van der Waals surface area contributed by atoms with Gasteiger partial charge in [-0.1, -0.05) is 71.3 Å². The fourth-order valence-corrected chi connectivity index (χ4v) is 7.36. The van der Waals surface area contributed by atoms with Crippen LogP contribution < -0.4 is 9.47 Å². The summed E-state index contributed by atoms with van der Waals surface area (Å²) in [6, 6.07) is 31.3. The van der Waals surface area contributed by atoms with Gasteiger partial charge >= 0.3 is 21.1 Å². The van der Waals surface area contributed by atoms with Crippen molar-refractivity contribution in [2.45, 2.75) is 66.2 Å². The molecule has 3 aromatic heterocycles. The fourth-order valence-electron chi connectivity index (χ4n) is 7.36. The summed E-state index contributed by atoms with van der Waals surface area (Å²) >= 11 is 0. The summed E-state index contributed by atoms with van der Waals surface area (Å²) in [7, 11) is 1.66. The van der Waals surface area contributed by atoms with E-state index in [4.69, 9.17) is 14.6 Å². The van der Waals surface area contributed by atoms with E-state index in [1.807, 2.05) is 59.4 Å². The number of para-hydroxylation sites is 1. The van der Waals surface area contributed by atoms with E-state index in [-0.39, 0.29) is 31.9 Å². The molecule has 7 heteroatoms. The van der Waals surface area contributed by atoms with Gasteiger partial charge in [0.2, 0.25) is 0 Å². The number of hydrogen-bond acceptors (Lipinski definition) is 4. The van der Waals surface area contributed by atoms with E-state index < -0.39 is 0 Å². The molecule has 0 aliphatic heterocycles. The largest absolute Gasteiger partial charge is 2.00 e. The molecule has 0 spiro atoms. The van der Waals surface area contributed by atoms with Crippen LogP contribution in [-0.4, -0.2) is 26.4 Å². The molecular weight excluding hydrogens is 800 g/mol. The SMILES string of the molecule is COc1ccnc(-n2c3[c-]c(Oc4[c-]c(-n5cc(-c6c(C(C)(C)C)c(C)cc(C)c6C(C)(C)C)cn5)ccc4)ccc3c3ccccc32)c1.[Pt+2]. The van der Waals surface area contributed by atoms with Crippen molar-refractivity contribution in [3.63, 3.8) is 0 Å². The number of ether oxygens (including phenoxy) is 2. The van der Waals surface area contributed by atoms with E-state index in [0.717, 1.165) is 44.6 Å². The number of fused-ring (bicyclic) bond motifs is 3. The van der Waals surface area contributed by atoms with E-state index in [1.54, 1.807) is 13.3 Å². The first-order chi connectivity index (χ1) is 23.3. The van der Waals surface area contributed by atoms with Crippen molar-refractivity contribution in [1.82, 2.24) is 19.3 Å². The van der Waals surface area contributed by atoms with Gasteiger partial charge < -0.3 is 14.0 Å². The van der Waals surface area contributed by atoms with Gasteiger partial charge in [-0.3, -0.25) is 4.68 Å². The van der Waals surface area contributed by atoms with Gasteiger partial charge in [-0.25, -0.2) is 4.98 Å². The molecule has 3 heterocycles. The molecule has 0 bridgehead atoms. The summed E-state index contributed by atoms with van der Waals surface area (Å²) in [5.74, 6) is 2.63. The van der Waals surface area contributed by atoms with Crippen LogP contribution in [0.2, 0.25) is 0 Å². The number of rotatable bonds is 6. The second-order valence-electron chi connectivity index (χ2n) is 14.8. The summed E-state index contributed by atoms with van der Waals surface area (Å²) in [4.78, 5) is 4.67. The molecule has 0 amide bonds. The van der Waals surface area contributed by atoms with Crippen LogP contribution in [0.1, 0.15) is 63.8 Å². The minimum Gasteiger partial charge on any atom is -0.509 e. The Morgan fingerprint density at radius 2 is 1.44 bits per heavy atom. The van der Waals surface area contributed by atoms with Gasteiger partial charge in [0.25, 0.3) is 0 Å². The minimum absolute atomic E-state index is 0. The summed E-state index contributed by atoms with van der Waals surface area (Å²) in [6.07, 6.45) is 5.85. The van der Waals surface area contributed by atoms with Crippen LogP contribution in [0.5, 0.6) is 17.2 Å². The zero-order valence-corrected chi connectivity index (χ0v) is 32.4. The maximum Gasteiger partial charge on any atom is 2.00 e. The first-order valence-corrected chi connectivity index (χ1v) is 16.7. The summed E-state index contributed by atoms with van der Waals surface area (Å²) in [5.41, 5.74) is 10.3. The Bertz CT molecular complexity index is 2320. The molecule has 0 saturated heterocycles. The van der Waals surface area contributed by atoms with Gasteiger partial charge in [0.1, 0.15) is 11.6 Å². The quantitative estimate of drug-likeness (QED) is 0.157.